The molecule has 0 aliphatic rings. The number of hydrogen-bond acceptors (Lipinski definition) is 5. The van der Waals surface area contributed by atoms with Gasteiger partial charge in [-0.15, -0.1) is 0 Å². The van der Waals surface area contributed by atoms with Crippen molar-refractivity contribution in [3.05, 3.63) is 70.8 Å². The van der Waals surface area contributed by atoms with Crippen LogP contribution in [0.4, 0.5) is 30.7 Å². The van der Waals surface area contributed by atoms with Crippen LogP contribution in [0.5, 0.6) is 0 Å². The zero-order valence-corrected chi connectivity index (χ0v) is 18.3. The molecule has 0 amide bonds. The summed E-state index contributed by atoms with van der Waals surface area (Å²) in [5.41, 5.74) is -2.65. The Labute approximate surface area is 196 Å². The summed E-state index contributed by atoms with van der Waals surface area (Å²) in [5.74, 6) is -2.32. The van der Waals surface area contributed by atoms with Crippen molar-refractivity contribution >= 4 is 34.2 Å². The Morgan fingerprint density at radius 1 is 0.824 bits per heavy atom. The number of rotatable bonds is 8. The lowest BCUT2D eigenvalue weighted by Gasteiger charge is -2.23. The van der Waals surface area contributed by atoms with Gasteiger partial charge in [-0.2, -0.15) is 26.3 Å². The fraction of sp³-hybridized carbons (Fsp3) is 0.286. The van der Waals surface area contributed by atoms with E-state index in [0.717, 1.165) is 24.3 Å². The summed E-state index contributed by atoms with van der Waals surface area (Å²) in [7, 11) is 0. The van der Waals surface area contributed by atoms with E-state index in [4.69, 9.17) is 9.47 Å². The summed E-state index contributed by atoms with van der Waals surface area (Å²) in [5, 5.41) is 0. The van der Waals surface area contributed by atoms with Gasteiger partial charge in [0.1, 0.15) is 6.61 Å². The van der Waals surface area contributed by atoms with Crippen LogP contribution in [0.25, 0.3) is 0 Å². The second-order valence-corrected chi connectivity index (χ2v) is 7.89. The molecule has 184 valence electrons. The maximum Gasteiger partial charge on any atom is 0.416 e. The zero-order valence-electron chi connectivity index (χ0n) is 16.7. The molecule has 0 unspecified atom stereocenters. The fourth-order valence-corrected chi connectivity index (χ4v) is 3.06. The standard InChI is InChI=1S/C21H14BrF7O5/c22-15(10-33-18(31)11-1-5-13(6-2-11)20(24,25)26)17(16(23)9-30)34-19(32)12-3-7-14(8-4-12)21(27,28)29/h1-9,15-17H,10H2/t15-,16+,17+/m0/s1. The van der Waals surface area contributed by atoms with E-state index in [2.05, 4.69) is 15.9 Å². The lowest BCUT2D eigenvalue weighted by atomic mass is 10.1. The van der Waals surface area contributed by atoms with Gasteiger partial charge in [-0.3, -0.25) is 4.79 Å². The minimum Gasteiger partial charge on any atom is -0.461 e. The highest BCUT2D eigenvalue weighted by molar-refractivity contribution is 9.09. The molecule has 0 heterocycles. The molecule has 13 heteroatoms. The van der Waals surface area contributed by atoms with Gasteiger partial charge < -0.3 is 9.47 Å². The maximum absolute atomic E-state index is 14.1. The van der Waals surface area contributed by atoms with Crippen LogP contribution in [-0.2, 0) is 26.6 Å². The molecule has 0 saturated heterocycles. The first-order chi connectivity index (χ1) is 15.7. The number of benzene rings is 2. The Morgan fingerprint density at radius 2 is 1.24 bits per heavy atom. The van der Waals surface area contributed by atoms with Gasteiger partial charge >= 0.3 is 24.3 Å². The molecule has 2 aromatic carbocycles. The highest BCUT2D eigenvalue weighted by Gasteiger charge is 2.34. The number of ether oxygens (including phenoxy) is 2. The second-order valence-electron chi connectivity index (χ2n) is 6.72. The quantitative estimate of drug-likeness (QED) is 0.188. The Hall–Kier alpha value is -2.96. The van der Waals surface area contributed by atoms with Crippen LogP contribution >= 0.6 is 15.9 Å². The largest absolute Gasteiger partial charge is 0.461 e. The number of hydrogen-bond donors (Lipinski definition) is 0. The monoisotopic (exact) mass is 558 g/mol. The molecule has 0 fully saturated rings. The summed E-state index contributed by atoms with van der Waals surface area (Å²) in [6.07, 6.45) is -13.7. The third-order valence-electron chi connectivity index (χ3n) is 4.31. The number of aldehydes is 1. The van der Waals surface area contributed by atoms with E-state index in [1.807, 2.05) is 0 Å². The van der Waals surface area contributed by atoms with E-state index in [0.29, 0.717) is 24.3 Å². The Morgan fingerprint density at radius 3 is 1.62 bits per heavy atom. The van der Waals surface area contributed by atoms with E-state index < -0.39 is 59.1 Å². The van der Waals surface area contributed by atoms with Crippen molar-refractivity contribution in [3.63, 3.8) is 0 Å². The van der Waals surface area contributed by atoms with Crippen LogP contribution in [0.2, 0.25) is 0 Å². The molecule has 2 rings (SSSR count). The maximum atomic E-state index is 14.1. The average Bonchev–Trinajstić information content (AvgIpc) is 2.79. The zero-order chi connectivity index (χ0) is 25.7. The van der Waals surface area contributed by atoms with Gasteiger partial charge in [0.25, 0.3) is 0 Å². The minimum absolute atomic E-state index is 0.198. The lowest BCUT2D eigenvalue weighted by Crippen LogP contribution is -2.39. The predicted molar refractivity (Wildman–Crippen MR) is 106 cm³/mol. The molecule has 0 spiro atoms. The van der Waals surface area contributed by atoms with Gasteiger partial charge in [-0.1, -0.05) is 15.9 Å². The van der Waals surface area contributed by atoms with Crippen LogP contribution in [-0.4, -0.2) is 41.9 Å². The van der Waals surface area contributed by atoms with E-state index >= 15 is 0 Å². The van der Waals surface area contributed by atoms with E-state index in [-0.39, 0.29) is 17.4 Å². The normalized spacial score (nSPS) is 14.6. The molecule has 0 radical (unpaired) electrons. The van der Waals surface area contributed by atoms with Gasteiger partial charge in [0.05, 0.1) is 27.1 Å². The van der Waals surface area contributed by atoms with Crippen molar-refractivity contribution in [2.45, 2.75) is 29.5 Å². The Balaban J connectivity index is 2.04. The predicted octanol–water partition coefficient (Wildman–Crippen LogP) is 5.41. The highest BCUT2D eigenvalue weighted by Crippen LogP contribution is 2.30. The highest BCUT2D eigenvalue weighted by atomic mass is 79.9. The average molecular weight is 559 g/mol. The summed E-state index contributed by atoms with van der Waals surface area (Å²) in [6, 6.07) is 5.83. The molecule has 0 bridgehead atoms. The van der Waals surface area contributed by atoms with Crippen molar-refractivity contribution in [2.75, 3.05) is 6.61 Å². The van der Waals surface area contributed by atoms with Gasteiger partial charge in [0, 0.05) is 0 Å². The van der Waals surface area contributed by atoms with Crippen LogP contribution in [0.15, 0.2) is 48.5 Å². The van der Waals surface area contributed by atoms with E-state index in [9.17, 15) is 45.1 Å². The molecule has 0 N–H and O–H groups in total. The van der Waals surface area contributed by atoms with Crippen molar-refractivity contribution in [1.82, 2.24) is 0 Å². The molecule has 0 saturated carbocycles. The fourth-order valence-electron chi connectivity index (χ4n) is 2.53. The first-order valence-corrected chi connectivity index (χ1v) is 10.1. The summed E-state index contributed by atoms with van der Waals surface area (Å²) in [6.45, 7) is -0.668. The van der Waals surface area contributed by atoms with Crippen LogP contribution < -0.4 is 0 Å². The topological polar surface area (TPSA) is 69.7 Å². The smallest absolute Gasteiger partial charge is 0.416 e. The Bertz CT molecular complexity index is 1000. The molecule has 3 atom stereocenters. The molecular weight excluding hydrogens is 545 g/mol. The SMILES string of the molecule is O=C[C@@H](F)[C@H](OC(=O)c1ccc(C(F)(F)F)cc1)[C@@H](Br)COC(=O)c1ccc(C(F)(F)F)cc1. The number of halogens is 8. The number of esters is 2. The summed E-state index contributed by atoms with van der Waals surface area (Å²) < 4.78 is 99.5. The number of carbonyl (C=O) groups is 3. The van der Waals surface area contributed by atoms with Crippen molar-refractivity contribution in [1.29, 1.82) is 0 Å². The second kappa shape index (κ2) is 11.0. The molecule has 34 heavy (non-hydrogen) atoms. The van der Waals surface area contributed by atoms with Crippen molar-refractivity contribution in [2.24, 2.45) is 0 Å². The van der Waals surface area contributed by atoms with Crippen LogP contribution in [0.3, 0.4) is 0 Å². The van der Waals surface area contributed by atoms with Crippen LogP contribution in [0.1, 0.15) is 31.8 Å². The van der Waals surface area contributed by atoms with E-state index in [1.54, 1.807) is 0 Å². The molecule has 0 aromatic heterocycles. The first kappa shape index (κ1) is 27.3. The van der Waals surface area contributed by atoms with Crippen molar-refractivity contribution < 1.29 is 54.6 Å². The van der Waals surface area contributed by atoms with Gasteiger partial charge in [-0.05, 0) is 48.5 Å². The van der Waals surface area contributed by atoms with Gasteiger partial charge in [-0.25, -0.2) is 14.0 Å². The third kappa shape index (κ3) is 7.27. The minimum atomic E-state index is -4.65. The lowest BCUT2D eigenvalue weighted by molar-refractivity contribution is -0.138. The van der Waals surface area contributed by atoms with E-state index in [1.165, 1.54) is 0 Å². The third-order valence-corrected chi connectivity index (χ3v) is 5.10. The van der Waals surface area contributed by atoms with Crippen molar-refractivity contribution in [3.8, 4) is 0 Å². The molecule has 2 aromatic rings. The summed E-state index contributed by atoms with van der Waals surface area (Å²) >= 11 is 2.91. The van der Waals surface area contributed by atoms with Gasteiger partial charge in [0.2, 0.25) is 0 Å². The van der Waals surface area contributed by atoms with Gasteiger partial charge in [0.15, 0.2) is 18.6 Å². The Kier molecular flexibility index (Phi) is 8.81. The number of alkyl halides is 8. The molecule has 0 aliphatic carbocycles. The summed E-state index contributed by atoms with van der Waals surface area (Å²) in [4.78, 5) is 33.8. The molecule has 5 nitrogen and oxygen atoms in total. The molecule has 0 aliphatic heterocycles. The molecular formula is C21H14BrF7O5. The van der Waals surface area contributed by atoms with Crippen LogP contribution in [0, 0.1) is 0 Å². The number of carbonyl (C=O) groups excluding carboxylic acids is 3. The first-order valence-electron chi connectivity index (χ1n) is 9.20.